The fourth-order valence-electron chi connectivity index (χ4n) is 4.27. The van der Waals surface area contributed by atoms with Crippen LogP contribution in [0.1, 0.15) is 24.1 Å². The van der Waals surface area contributed by atoms with Gasteiger partial charge in [0.25, 0.3) is 5.56 Å². The molecule has 1 aromatic heterocycles. The Morgan fingerprint density at radius 2 is 1.71 bits per heavy atom. The number of para-hydroxylation sites is 1. The first-order valence-electron chi connectivity index (χ1n) is 11.1. The second-order valence-electron chi connectivity index (χ2n) is 8.60. The van der Waals surface area contributed by atoms with E-state index in [4.69, 9.17) is 23.2 Å². The minimum atomic E-state index is -3.58. The van der Waals surface area contributed by atoms with Gasteiger partial charge in [0.2, 0.25) is 15.9 Å². The number of anilines is 1. The number of hydrogen-bond acceptors (Lipinski definition) is 4. The highest BCUT2D eigenvalue weighted by Crippen LogP contribution is 2.26. The minimum absolute atomic E-state index is 0.191. The number of benzene rings is 2. The molecule has 0 aliphatic carbocycles. The van der Waals surface area contributed by atoms with E-state index in [9.17, 15) is 18.0 Å². The van der Waals surface area contributed by atoms with Crippen molar-refractivity contribution in [3.63, 3.8) is 0 Å². The average molecular weight is 537 g/mol. The summed E-state index contributed by atoms with van der Waals surface area (Å²) in [4.78, 5) is 26.0. The van der Waals surface area contributed by atoms with E-state index >= 15 is 0 Å². The molecule has 4 rings (SSSR count). The smallest absolute Gasteiger partial charge is 0.295 e. The van der Waals surface area contributed by atoms with Gasteiger partial charge in [0, 0.05) is 26.1 Å². The lowest BCUT2D eigenvalue weighted by atomic mass is 9.97. The molecule has 1 fully saturated rings. The number of halogens is 2. The summed E-state index contributed by atoms with van der Waals surface area (Å²) in [5, 5.41) is 3.46. The van der Waals surface area contributed by atoms with Crippen molar-refractivity contribution in [2.75, 3.05) is 18.4 Å². The molecule has 1 amide bonds. The fourth-order valence-corrected chi connectivity index (χ4v) is 6.14. The van der Waals surface area contributed by atoms with Gasteiger partial charge in [-0.15, -0.1) is 0 Å². The summed E-state index contributed by atoms with van der Waals surface area (Å²) in [6.45, 7) is 2.22. The highest BCUT2D eigenvalue weighted by Gasteiger charge is 2.32. The highest BCUT2D eigenvalue weighted by molar-refractivity contribution is 7.88. The minimum Gasteiger partial charge on any atom is -0.320 e. The maximum absolute atomic E-state index is 13.1. The number of rotatable bonds is 6. The molecule has 2 aromatic carbocycles. The molecule has 0 radical (unpaired) electrons. The molecule has 3 aromatic rings. The first kappa shape index (κ1) is 25.5. The van der Waals surface area contributed by atoms with Gasteiger partial charge in [-0.05, 0) is 49.6 Å². The maximum atomic E-state index is 13.1. The number of hydrogen-bond donors (Lipinski definition) is 1. The van der Waals surface area contributed by atoms with Crippen LogP contribution in [0.4, 0.5) is 5.69 Å². The topological polar surface area (TPSA) is 93.4 Å². The molecular weight excluding hydrogens is 511 g/mol. The van der Waals surface area contributed by atoms with Crippen LogP contribution in [0.3, 0.4) is 0 Å². The molecule has 0 spiro atoms. The normalized spacial score (nSPS) is 15.3. The molecular formula is C24H26Cl2N4O4S. The van der Waals surface area contributed by atoms with Gasteiger partial charge in [-0.3, -0.25) is 14.3 Å². The summed E-state index contributed by atoms with van der Waals surface area (Å²) < 4.78 is 30.4. The second-order valence-corrected chi connectivity index (χ2v) is 11.4. The van der Waals surface area contributed by atoms with Gasteiger partial charge in [0.15, 0.2) is 0 Å². The lowest BCUT2D eigenvalue weighted by Crippen LogP contribution is -2.42. The Kier molecular flexibility index (Phi) is 7.42. The molecule has 0 bridgehead atoms. The van der Waals surface area contributed by atoms with Crippen molar-refractivity contribution in [1.29, 1.82) is 0 Å². The van der Waals surface area contributed by atoms with Gasteiger partial charge < -0.3 is 5.32 Å². The molecule has 11 heteroatoms. The van der Waals surface area contributed by atoms with Crippen molar-refractivity contribution in [2.45, 2.75) is 25.5 Å². The number of nitrogens with one attached hydrogen (secondary N) is 1. The molecule has 0 saturated carbocycles. The molecule has 1 aliphatic heterocycles. The first-order chi connectivity index (χ1) is 16.6. The van der Waals surface area contributed by atoms with Crippen molar-refractivity contribution in [1.82, 2.24) is 13.7 Å². The quantitative estimate of drug-likeness (QED) is 0.515. The van der Waals surface area contributed by atoms with Crippen LogP contribution >= 0.6 is 23.2 Å². The summed E-state index contributed by atoms with van der Waals surface area (Å²) in [7, 11) is -1.82. The van der Waals surface area contributed by atoms with Gasteiger partial charge >= 0.3 is 0 Å². The molecule has 2 heterocycles. The number of aromatic nitrogens is 2. The summed E-state index contributed by atoms with van der Waals surface area (Å²) in [6, 6.07) is 13.9. The SMILES string of the molecule is Cc1c(NC(=O)C2CCN(S(=O)(=O)Cc3ccc(Cl)c(Cl)c3)CC2)c(=O)n(-c2ccccc2)n1C. The number of carbonyl (C=O) groups excluding carboxylic acids is 1. The highest BCUT2D eigenvalue weighted by atomic mass is 35.5. The van der Waals surface area contributed by atoms with E-state index < -0.39 is 15.9 Å². The van der Waals surface area contributed by atoms with E-state index in [0.29, 0.717) is 39.8 Å². The number of amides is 1. The Morgan fingerprint density at radius 1 is 1.06 bits per heavy atom. The maximum Gasteiger partial charge on any atom is 0.295 e. The van der Waals surface area contributed by atoms with Gasteiger partial charge in [-0.2, -0.15) is 0 Å². The van der Waals surface area contributed by atoms with E-state index in [1.54, 1.807) is 36.9 Å². The Hall–Kier alpha value is -2.59. The molecule has 0 atom stereocenters. The van der Waals surface area contributed by atoms with Crippen molar-refractivity contribution in [3.8, 4) is 5.69 Å². The van der Waals surface area contributed by atoms with Gasteiger partial charge in [-0.1, -0.05) is 47.5 Å². The summed E-state index contributed by atoms with van der Waals surface area (Å²) >= 11 is 11.9. The number of nitrogens with zero attached hydrogens (tertiary/aromatic N) is 3. The predicted molar refractivity (Wildman–Crippen MR) is 138 cm³/mol. The standard InChI is InChI=1S/C24H26Cl2N4O4S/c1-16-22(24(32)30(28(16)2)19-6-4-3-5-7-19)27-23(31)18-10-12-29(13-11-18)35(33,34)15-17-8-9-20(25)21(26)14-17/h3-9,14,18H,10-13,15H2,1-2H3,(H,27,31). The summed E-state index contributed by atoms with van der Waals surface area (Å²) in [5.74, 6) is -0.864. The Balaban J connectivity index is 1.42. The van der Waals surface area contributed by atoms with E-state index in [-0.39, 0.29) is 36.0 Å². The van der Waals surface area contributed by atoms with Crippen LogP contribution in [-0.4, -0.2) is 41.1 Å². The van der Waals surface area contributed by atoms with Crippen LogP contribution in [0.5, 0.6) is 0 Å². The lowest BCUT2D eigenvalue weighted by molar-refractivity contribution is -0.120. The first-order valence-corrected chi connectivity index (χ1v) is 13.5. The van der Waals surface area contributed by atoms with Gasteiger partial charge in [-0.25, -0.2) is 17.4 Å². The summed E-state index contributed by atoms with van der Waals surface area (Å²) in [6.07, 6.45) is 0.733. The molecule has 1 N–H and O–H groups in total. The van der Waals surface area contributed by atoms with Crippen molar-refractivity contribution in [3.05, 3.63) is 80.2 Å². The zero-order valence-electron chi connectivity index (χ0n) is 19.4. The Morgan fingerprint density at radius 3 is 2.34 bits per heavy atom. The number of piperidine rings is 1. The van der Waals surface area contributed by atoms with Crippen LogP contribution in [0, 0.1) is 12.8 Å². The van der Waals surface area contributed by atoms with Crippen LogP contribution in [0.15, 0.2) is 53.3 Å². The van der Waals surface area contributed by atoms with Crippen LogP contribution in [0.25, 0.3) is 5.69 Å². The molecule has 1 saturated heterocycles. The Labute approximate surface area is 214 Å². The average Bonchev–Trinajstić information content (AvgIpc) is 3.05. The fraction of sp³-hybridized carbons (Fsp3) is 0.333. The number of sulfonamides is 1. The zero-order chi connectivity index (χ0) is 25.3. The van der Waals surface area contributed by atoms with E-state index in [2.05, 4.69) is 5.32 Å². The van der Waals surface area contributed by atoms with Crippen LogP contribution in [-0.2, 0) is 27.6 Å². The van der Waals surface area contributed by atoms with E-state index in [0.717, 1.165) is 0 Å². The molecule has 35 heavy (non-hydrogen) atoms. The molecule has 186 valence electrons. The Bertz CT molecular complexity index is 1410. The van der Waals surface area contributed by atoms with Crippen molar-refractivity contribution < 1.29 is 13.2 Å². The zero-order valence-corrected chi connectivity index (χ0v) is 21.7. The number of carbonyl (C=O) groups is 1. The van der Waals surface area contributed by atoms with Crippen LogP contribution in [0.2, 0.25) is 10.0 Å². The largest absolute Gasteiger partial charge is 0.320 e. The van der Waals surface area contributed by atoms with Gasteiger partial charge in [0.1, 0.15) is 5.69 Å². The van der Waals surface area contributed by atoms with E-state index in [1.165, 1.54) is 8.99 Å². The van der Waals surface area contributed by atoms with Crippen molar-refractivity contribution in [2.24, 2.45) is 13.0 Å². The lowest BCUT2D eigenvalue weighted by Gasteiger charge is -2.30. The van der Waals surface area contributed by atoms with Crippen LogP contribution < -0.4 is 10.9 Å². The molecule has 8 nitrogen and oxygen atoms in total. The third-order valence-corrected chi connectivity index (χ3v) is 8.94. The second kappa shape index (κ2) is 10.2. The van der Waals surface area contributed by atoms with Crippen molar-refractivity contribution >= 4 is 44.8 Å². The third-order valence-electron chi connectivity index (χ3n) is 6.35. The molecule has 0 unspecified atom stereocenters. The monoisotopic (exact) mass is 536 g/mol. The van der Waals surface area contributed by atoms with E-state index in [1.807, 2.05) is 30.3 Å². The third kappa shape index (κ3) is 5.33. The predicted octanol–water partition coefficient (Wildman–Crippen LogP) is 3.97. The molecule has 1 aliphatic rings. The summed E-state index contributed by atoms with van der Waals surface area (Å²) in [5.41, 5.74) is 1.80. The van der Waals surface area contributed by atoms with Gasteiger partial charge in [0.05, 0.1) is 27.2 Å².